The highest BCUT2D eigenvalue weighted by atomic mass is 19.3. The van der Waals surface area contributed by atoms with Gasteiger partial charge in [0.05, 0.1) is 0 Å². The molecular weight excluding hydrogens is 272 g/mol. The molecule has 0 aromatic carbocycles. The second-order valence-electron chi connectivity index (χ2n) is 5.09. The molecule has 0 saturated heterocycles. The topological polar surface area (TPSA) is 0 Å². The van der Waals surface area contributed by atoms with Crippen LogP contribution in [-0.4, -0.2) is 23.2 Å². The van der Waals surface area contributed by atoms with Gasteiger partial charge in [0, 0.05) is 11.8 Å². The summed E-state index contributed by atoms with van der Waals surface area (Å²) >= 11 is 0. The molecule has 2 saturated carbocycles. The molecule has 4 unspecified atom stereocenters. The summed E-state index contributed by atoms with van der Waals surface area (Å²) in [5.41, 5.74) is -8.08. The first-order valence-electron chi connectivity index (χ1n) is 5.21. The minimum Gasteiger partial charge on any atom is -0.236 e. The third-order valence-electron chi connectivity index (χ3n) is 4.38. The first kappa shape index (κ1) is 12.2. The Morgan fingerprint density at radius 1 is 0.889 bits per heavy atom. The second kappa shape index (κ2) is 2.70. The molecule has 102 valence electrons. The van der Waals surface area contributed by atoms with Gasteiger partial charge in [-0.1, -0.05) is 0 Å². The highest BCUT2D eigenvalue weighted by Crippen LogP contribution is 2.75. The lowest BCUT2D eigenvalue weighted by atomic mass is 9.66. The van der Waals surface area contributed by atoms with Crippen LogP contribution in [0.15, 0.2) is 11.7 Å². The first-order chi connectivity index (χ1) is 8.01. The van der Waals surface area contributed by atoms with Crippen LogP contribution >= 0.6 is 0 Å². The van der Waals surface area contributed by atoms with Gasteiger partial charge in [0.25, 0.3) is 5.92 Å². The lowest BCUT2D eigenvalue weighted by Crippen LogP contribution is -2.68. The van der Waals surface area contributed by atoms with Gasteiger partial charge in [-0.25, -0.2) is 26.3 Å². The molecule has 0 aromatic heterocycles. The van der Waals surface area contributed by atoms with Crippen LogP contribution in [0.25, 0.3) is 0 Å². The molecule has 2 bridgehead atoms. The summed E-state index contributed by atoms with van der Waals surface area (Å²) in [4.78, 5) is 0. The summed E-state index contributed by atoms with van der Waals surface area (Å²) in [5.74, 6) is -20.0. The van der Waals surface area contributed by atoms with E-state index in [4.69, 9.17) is 0 Å². The Morgan fingerprint density at radius 3 is 1.94 bits per heavy atom. The Labute approximate surface area is 95.6 Å². The standard InChI is InChI=1S/C10H6F8/c11-5-6(12)10(17,18)8(14)4-1-3(9(8,15)16)2-7(4,5)13/h3-4H,1-2H2. The van der Waals surface area contributed by atoms with Crippen molar-refractivity contribution in [1.82, 2.24) is 0 Å². The minimum absolute atomic E-state index is 0.920. The third-order valence-corrected chi connectivity index (χ3v) is 4.38. The van der Waals surface area contributed by atoms with Gasteiger partial charge >= 0.3 is 5.92 Å². The summed E-state index contributed by atoms with van der Waals surface area (Å²) in [6.45, 7) is 0. The van der Waals surface area contributed by atoms with E-state index >= 15 is 0 Å². The van der Waals surface area contributed by atoms with Gasteiger partial charge in [-0.3, -0.25) is 0 Å². The fourth-order valence-electron chi connectivity index (χ4n) is 3.49. The van der Waals surface area contributed by atoms with Crippen molar-refractivity contribution in [2.75, 3.05) is 0 Å². The molecule has 0 radical (unpaired) electrons. The lowest BCUT2D eigenvalue weighted by Gasteiger charge is -2.49. The summed E-state index contributed by atoms with van der Waals surface area (Å²) in [6, 6.07) is 0. The molecule has 0 aliphatic heterocycles. The van der Waals surface area contributed by atoms with E-state index in [0.29, 0.717) is 0 Å². The fraction of sp³-hybridized carbons (Fsp3) is 0.800. The van der Waals surface area contributed by atoms with Crippen LogP contribution in [0.1, 0.15) is 12.8 Å². The third kappa shape index (κ3) is 0.843. The van der Waals surface area contributed by atoms with Crippen LogP contribution in [-0.2, 0) is 0 Å². The molecule has 0 aromatic rings. The Kier molecular flexibility index (Phi) is 1.83. The summed E-state index contributed by atoms with van der Waals surface area (Å²) in [7, 11) is 0. The average molecular weight is 278 g/mol. The molecule has 18 heavy (non-hydrogen) atoms. The molecule has 8 heteroatoms. The van der Waals surface area contributed by atoms with Crippen LogP contribution in [0, 0.1) is 11.8 Å². The van der Waals surface area contributed by atoms with Crippen molar-refractivity contribution in [1.29, 1.82) is 0 Å². The Balaban J connectivity index is 2.34. The summed E-state index contributed by atoms with van der Waals surface area (Å²) in [6.07, 6.45) is -2.10. The van der Waals surface area contributed by atoms with Crippen LogP contribution in [0.2, 0.25) is 0 Å². The zero-order valence-corrected chi connectivity index (χ0v) is 8.59. The number of halogens is 8. The second-order valence-corrected chi connectivity index (χ2v) is 5.09. The Hall–Kier alpha value is -0.820. The molecule has 0 N–H and O–H groups in total. The maximum absolute atomic E-state index is 14.1. The van der Waals surface area contributed by atoms with Gasteiger partial charge in [0.1, 0.15) is 0 Å². The molecule has 4 atom stereocenters. The predicted molar refractivity (Wildman–Crippen MR) is 43.0 cm³/mol. The highest BCUT2D eigenvalue weighted by Gasteiger charge is 2.90. The van der Waals surface area contributed by atoms with E-state index in [1.54, 1.807) is 0 Å². The fourth-order valence-corrected chi connectivity index (χ4v) is 3.49. The van der Waals surface area contributed by atoms with Crippen molar-refractivity contribution in [2.45, 2.75) is 36.0 Å². The van der Waals surface area contributed by atoms with Gasteiger partial charge < -0.3 is 0 Å². The lowest BCUT2D eigenvalue weighted by molar-refractivity contribution is -0.287. The van der Waals surface area contributed by atoms with Gasteiger partial charge in [0.15, 0.2) is 11.5 Å². The van der Waals surface area contributed by atoms with Crippen LogP contribution in [0.3, 0.4) is 0 Å². The Morgan fingerprint density at radius 2 is 1.44 bits per heavy atom. The highest BCUT2D eigenvalue weighted by molar-refractivity contribution is 5.41. The largest absolute Gasteiger partial charge is 0.341 e. The van der Waals surface area contributed by atoms with E-state index in [0.717, 1.165) is 0 Å². The van der Waals surface area contributed by atoms with E-state index < -0.39 is 59.5 Å². The summed E-state index contributed by atoms with van der Waals surface area (Å²) < 4.78 is 108. The monoisotopic (exact) mass is 278 g/mol. The van der Waals surface area contributed by atoms with E-state index in [9.17, 15) is 35.1 Å². The van der Waals surface area contributed by atoms with Crippen molar-refractivity contribution in [3.05, 3.63) is 11.7 Å². The number of hydrogen-bond donors (Lipinski definition) is 0. The molecule has 0 heterocycles. The van der Waals surface area contributed by atoms with E-state index in [1.807, 2.05) is 0 Å². The Bertz CT molecular complexity index is 468. The molecule has 2 fully saturated rings. The quantitative estimate of drug-likeness (QED) is 0.590. The molecular formula is C10H6F8. The molecule has 0 nitrogen and oxygen atoms in total. The molecule has 3 aliphatic carbocycles. The molecule has 0 spiro atoms. The van der Waals surface area contributed by atoms with Crippen LogP contribution in [0.5, 0.6) is 0 Å². The van der Waals surface area contributed by atoms with E-state index in [1.165, 1.54) is 0 Å². The zero-order chi connectivity index (χ0) is 13.7. The number of alkyl halides is 6. The number of hydrogen-bond acceptors (Lipinski definition) is 0. The molecule has 3 aliphatic rings. The summed E-state index contributed by atoms with van der Waals surface area (Å²) in [5, 5.41) is 0. The number of allylic oxidation sites excluding steroid dienone is 2. The van der Waals surface area contributed by atoms with Crippen molar-refractivity contribution < 1.29 is 35.1 Å². The van der Waals surface area contributed by atoms with Crippen LogP contribution < -0.4 is 0 Å². The van der Waals surface area contributed by atoms with Gasteiger partial charge in [0.2, 0.25) is 11.5 Å². The normalized spacial score (nSPS) is 52.0. The van der Waals surface area contributed by atoms with E-state index in [-0.39, 0.29) is 0 Å². The van der Waals surface area contributed by atoms with E-state index in [2.05, 4.69) is 0 Å². The maximum Gasteiger partial charge on any atom is 0.341 e. The average Bonchev–Trinajstić information content (AvgIpc) is 2.72. The van der Waals surface area contributed by atoms with Crippen molar-refractivity contribution in [2.24, 2.45) is 11.8 Å². The van der Waals surface area contributed by atoms with Crippen molar-refractivity contribution >= 4 is 0 Å². The SMILES string of the molecule is FC1=C(F)C(F)(F)C2(F)C3CC(CC13F)C2(F)F. The smallest absolute Gasteiger partial charge is 0.236 e. The van der Waals surface area contributed by atoms with Gasteiger partial charge in [-0.05, 0) is 12.8 Å². The van der Waals surface area contributed by atoms with Gasteiger partial charge in [-0.2, -0.15) is 8.78 Å². The minimum atomic E-state index is -5.35. The van der Waals surface area contributed by atoms with Crippen molar-refractivity contribution in [3.8, 4) is 0 Å². The zero-order valence-electron chi connectivity index (χ0n) is 8.59. The maximum atomic E-state index is 14.1. The number of fused-ring (bicyclic) bond motifs is 1. The molecule has 0 amide bonds. The van der Waals surface area contributed by atoms with Crippen molar-refractivity contribution in [3.63, 3.8) is 0 Å². The predicted octanol–water partition coefficient (Wildman–Crippen LogP) is 3.88. The molecule has 3 rings (SSSR count). The van der Waals surface area contributed by atoms with Crippen LogP contribution in [0.4, 0.5) is 35.1 Å². The van der Waals surface area contributed by atoms with Gasteiger partial charge in [-0.15, -0.1) is 0 Å². The number of rotatable bonds is 0. The first-order valence-corrected chi connectivity index (χ1v) is 5.21.